The largest absolute Gasteiger partial charge is 0.481 e. The fourth-order valence-corrected chi connectivity index (χ4v) is 1.74. The maximum Gasteiger partial charge on any atom is 0.306 e. The SMILES string of the molecule is Cc1ccc(C(C)(C)C)cc1C(O)CC(=O)O. The monoisotopic (exact) mass is 236 g/mol. The van der Waals surface area contributed by atoms with E-state index in [4.69, 9.17) is 5.11 Å². The van der Waals surface area contributed by atoms with Crippen molar-refractivity contribution >= 4 is 5.97 Å². The van der Waals surface area contributed by atoms with Crippen LogP contribution in [0.4, 0.5) is 0 Å². The molecule has 0 saturated carbocycles. The third kappa shape index (κ3) is 3.56. The Bertz CT molecular complexity index is 416. The molecule has 17 heavy (non-hydrogen) atoms. The Morgan fingerprint density at radius 2 is 1.94 bits per heavy atom. The van der Waals surface area contributed by atoms with Crippen LogP contribution in [0.5, 0.6) is 0 Å². The zero-order valence-corrected chi connectivity index (χ0v) is 10.8. The van der Waals surface area contributed by atoms with Gasteiger partial charge < -0.3 is 10.2 Å². The Hall–Kier alpha value is -1.35. The van der Waals surface area contributed by atoms with E-state index in [9.17, 15) is 9.90 Å². The molecule has 1 unspecified atom stereocenters. The molecule has 0 fully saturated rings. The highest BCUT2D eigenvalue weighted by Crippen LogP contribution is 2.28. The molecule has 0 bridgehead atoms. The quantitative estimate of drug-likeness (QED) is 0.848. The number of aliphatic hydroxyl groups is 1. The summed E-state index contributed by atoms with van der Waals surface area (Å²) in [5.74, 6) is -0.988. The van der Waals surface area contributed by atoms with Crippen molar-refractivity contribution in [2.75, 3.05) is 0 Å². The first-order chi connectivity index (χ1) is 7.71. The van der Waals surface area contributed by atoms with E-state index >= 15 is 0 Å². The first-order valence-electron chi connectivity index (χ1n) is 5.72. The lowest BCUT2D eigenvalue weighted by Gasteiger charge is -2.22. The topological polar surface area (TPSA) is 57.5 Å². The average Bonchev–Trinajstić information content (AvgIpc) is 2.15. The van der Waals surface area contributed by atoms with Gasteiger partial charge in [-0.25, -0.2) is 0 Å². The number of aliphatic carboxylic acids is 1. The Balaban J connectivity index is 3.10. The molecule has 0 amide bonds. The third-order valence-electron chi connectivity index (χ3n) is 2.87. The number of aryl methyl sites for hydroxylation is 1. The van der Waals surface area contributed by atoms with Crippen LogP contribution in [0.2, 0.25) is 0 Å². The third-order valence-corrected chi connectivity index (χ3v) is 2.87. The normalized spacial score (nSPS) is 13.5. The molecule has 3 nitrogen and oxygen atoms in total. The molecule has 1 aromatic carbocycles. The summed E-state index contributed by atoms with van der Waals surface area (Å²) in [6.07, 6.45) is -1.19. The van der Waals surface area contributed by atoms with Gasteiger partial charge in [-0.3, -0.25) is 4.79 Å². The zero-order valence-electron chi connectivity index (χ0n) is 10.8. The van der Waals surface area contributed by atoms with Gasteiger partial charge in [0.2, 0.25) is 0 Å². The zero-order chi connectivity index (χ0) is 13.2. The number of carbonyl (C=O) groups is 1. The standard InChI is InChI=1S/C14H20O3/c1-9-5-6-10(14(2,3)4)7-11(9)12(15)8-13(16)17/h5-7,12,15H,8H2,1-4H3,(H,16,17). The first-order valence-corrected chi connectivity index (χ1v) is 5.72. The minimum Gasteiger partial charge on any atom is -0.481 e. The number of carboxylic acid groups (broad SMARTS) is 1. The first kappa shape index (κ1) is 13.7. The van der Waals surface area contributed by atoms with Crippen molar-refractivity contribution in [3.05, 3.63) is 34.9 Å². The van der Waals surface area contributed by atoms with Crippen LogP contribution in [-0.2, 0) is 10.2 Å². The highest BCUT2D eigenvalue weighted by Gasteiger charge is 2.19. The molecule has 1 rings (SSSR count). The lowest BCUT2D eigenvalue weighted by molar-refractivity contribution is -0.139. The second-order valence-electron chi connectivity index (χ2n) is 5.44. The van der Waals surface area contributed by atoms with Crippen LogP contribution in [0.25, 0.3) is 0 Å². The molecule has 2 N–H and O–H groups in total. The second kappa shape index (κ2) is 4.88. The van der Waals surface area contributed by atoms with Crippen LogP contribution in [0.3, 0.4) is 0 Å². The van der Waals surface area contributed by atoms with Crippen LogP contribution in [-0.4, -0.2) is 16.2 Å². The molecule has 0 aliphatic carbocycles. The van der Waals surface area contributed by atoms with Gasteiger partial charge in [0.1, 0.15) is 0 Å². The van der Waals surface area contributed by atoms with Crippen LogP contribution in [0, 0.1) is 6.92 Å². The number of benzene rings is 1. The molecule has 0 spiro atoms. The van der Waals surface area contributed by atoms with E-state index < -0.39 is 12.1 Å². The summed E-state index contributed by atoms with van der Waals surface area (Å²) < 4.78 is 0. The van der Waals surface area contributed by atoms with Crippen molar-refractivity contribution in [1.29, 1.82) is 0 Å². The molecule has 0 heterocycles. The lowest BCUT2D eigenvalue weighted by Crippen LogP contribution is -2.13. The predicted octanol–water partition coefficient (Wildman–Crippen LogP) is 2.80. The number of carboxylic acids is 1. The predicted molar refractivity (Wildman–Crippen MR) is 67.1 cm³/mol. The van der Waals surface area contributed by atoms with Crippen molar-refractivity contribution < 1.29 is 15.0 Å². The van der Waals surface area contributed by atoms with Crippen molar-refractivity contribution in [2.24, 2.45) is 0 Å². The molecular weight excluding hydrogens is 216 g/mol. The summed E-state index contributed by atoms with van der Waals surface area (Å²) in [5.41, 5.74) is 2.72. The van der Waals surface area contributed by atoms with Gasteiger partial charge >= 0.3 is 5.97 Å². The maximum absolute atomic E-state index is 10.6. The van der Waals surface area contributed by atoms with Crippen LogP contribution >= 0.6 is 0 Å². The van der Waals surface area contributed by atoms with Crippen molar-refractivity contribution in [2.45, 2.75) is 45.6 Å². The second-order valence-corrected chi connectivity index (χ2v) is 5.44. The minimum atomic E-state index is -0.988. The molecule has 0 aromatic heterocycles. The number of rotatable bonds is 3. The fraction of sp³-hybridized carbons (Fsp3) is 0.500. The Morgan fingerprint density at radius 3 is 2.41 bits per heavy atom. The summed E-state index contributed by atoms with van der Waals surface area (Å²) in [6.45, 7) is 8.15. The Kier molecular flexibility index (Phi) is 3.94. The van der Waals surface area contributed by atoms with Crippen LogP contribution in [0.15, 0.2) is 18.2 Å². The van der Waals surface area contributed by atoms with E-state index in [-0.39, 0.29) is 11.8 Å². The van der Waals surface area contributed by atoms with Gasteiger partial charge in [-0.1, -0.05) is 39.0 Å². The highest BCUT2D eigenvalue weighted by molar-refractivity contribution is 5.67. The summed E-state index contributed by atoms with van der Waals surface area (Å²) in [5, 5.41) is 18.6. The van der Waals surface area contributed by atoms with E-state index in [1.807, 2.05) is 25.1 Å². The van der Waals surface area contributed by atoms with Gasteiger partial charge in [-0.15, -0.1) is 0 Å². The lowest BCUT2D eigenvalue weighted by atomic mass is 9.84. The molecule has 1 aromatic rings. The van der Waals surface area contributed by atoms with Crippen LogP contribution in [0.1, 0.15) is 50.0 Å². The molecule has 0 aliphatic rings. The van der Waals surface area contributed by atoms with Crippen molar-refractivity contribution in [3.8, 4) is 0 Å². The summed E-state index contributed by atoms with van der Waals surface area (Å²) in [4.78, 5) is 10.6. The van der Waals surface area contributed by atoms with E-state index in [2.05, 4.69) is 20.8 Å². The van der Waals surface area contributed by atoms with E-state index in [0.29, 0.717) is 5.56 Å². The summed E-state index contributed by atoms with van der Waals surface area (Å²) in [6, 6.07) is 5.86. The van der Waals surface area contributed by atoms with Crippen LogP contribution < -0.4 is 0 Å². The molecule has 1 atom stereocenters. The highest BCUT2D eigenvalue weighted by atomic mass is 16.4. The average molecular weight is 236 g/mol. The smallest absolute Gasteiger partial charge is 0.306 e. The Labute approximate surface area is 102 Å². The fourth-order valence-electron chi connectivity index (χ4n) is 1.74. The Morgan fingerprint density at radius 1 is 1.35 bits per heavy atom. The number of aliphatic hydroxyl groups excluding tert-OH is 1. The molecule has 3 heteroatoms. The summed E-state index contributed by atoms with van der Waals surface area (Å²) in [7, 11) is 0. The summed E-state index contributed by atoms with van der Waals surface area (Å²) >= 11 is 0. The molecule has 94 valence electrons. The van der Waals surface area contributed by atoms with Crippen molar-refractivity contribution in [1.82, 2.24) is 0 Å². The maximum atomic E-state index is 10.6. The van der Waals surface area contributed by atoms with Crippen molar-refractivity contribution in [3.63, 3.8) is 0 Å². The number of hydrogen-bond acceptors (Lipinski definition) is 2. The molecule has 0 radical (unpaired) electrons. The molecular formula is C14H20O3. The van der Waals surface area contributed by atoms with Gasteiger partial charge in [0.05, 0.1) is 12.5 Å². The number of hydrogen-bond donors (Lipinski definition) is 2. The minimum absolute atomic E-state index is 0.00854. The van der Waals surface area contributed by atoms with E-state index in [0.717, 1.165) is 11.1 Å². The van der Waals surface area contributed by atoms with E-state index in [1.54, 1.807) is 0 Å². The van der Waals surface area contributed by atoms with Gasteiger partial charge in [0.15, 0.2) is 0 Å². The van der Waals surface area contributed by atoms with Gasteiger partial charge in [-0.2, -0.15) is 0 Å². The van der Waals surface area contributed by atoms with Gasteiger partial charge in [-0.05, 0) is 29.0 Å². The molecule has 0 aliphatic heterocycles. The van der Waals surface area contributed by atoms with E-state index in [1.165, 1.54) is 0 Å². The van der Waals surface area contributed by atoms with Gasteiger partial charge in [0.25, 0.3) is 0 Å². The molecule has 0 saturated heterocycles. The van der Waals surface area contributed by atoms with Gasteiger partial charge in [0, 0.05) is 0 Å².